The summed E-state index contributed by atoms with van der Waals surface area (Å²) in [7, 11) is 0. The number of hydrogen-bond acceptors (Lipinski definition) is 1. The summed E-state index contributed by atoms with van der Waals surface area (Å²) in [5.74, 6) is 0. The molecule has 0 bridgehead atoms. The first-order valence-electron chi connectivity index (χ1n) is 5.33. The first kappa shape index (κ1) is 9.97. The van der Waals surface area contributed by atoms with E-state index in [4.69, 9.17) is 0 Å². The Morgan fingerprint density at radius 3 is 2.67 bits per heavy atom. The lowest BCUT2D eigenvalue weighted by Crippen LogP contribution is -1.89. The fraction of sp³-hybridized carbons (Fsp3) is 0.308. The maximum atomic E-state index is 4.62. The highest BCUT2D eigenvalue weighted by Crippen LogP contribution is 2.22. The predicted octanol–water partition coefficient (Wildman–Crippen LogP) is 3.26. The molecule has 2 heteroatoms. The van der Waals surface area contributed by atoms with Gasteiger partial charge in [0.15, 0.2) is 0 Å². The van der Waals surface area contributed by atoms with Gasteiger partial charge in [0.2, 0.25) is 0 Å². The van der Waals surface area contributed by atoms with Gasteiger partial charge in [-0.25, -0.2) is 0 Å². The average molecular weight is 200 g/mol. The minimum atomic E-state index is 0.982. The van der Waals surface area contributed by atoms with Crippen molar-refractivity contribution in [2.75, 3.05) is 0 Å². The van der Waals surface area contributed by atoms with Crippen LogP contribution in [0.3, 0.4) is 0 Å². The molecular weight excluding hydrogens is 184 g/mol. The van der Waals surface area contributed by atoms with E-state index in [-0.39, 0.29) is 0 Å². The number of H-pyrrole nitrogens is 1. The third-order valence-corrected chi connectivity index (χ3v) is 2.59. The summed E-state index contributed by atoms with van der Waals surface area (Å²) in [6.07, 6.45) is 0.982. The first-order valence-corrected chi connectivity index (χ1v) is 5.33. The second-order valence-corrected chi connectivity index (χ2v) is 3.86. The molecule has 0 atom stereocenters. The zero-order chi connectivity index (χ0) is 10.8. The van der Waals surface area contributed by atoms with Gasteiger partial charge < -0.3 is 4.98 Å². The van der Waals surface area contributed by atoms with Crippen LogP contribution >= 0.6 is 0 Å². The van der Waals surface area contributed by atoms with E-state index in [9.17, 15) is 0 Å². The molecule has 15 heavy (non-hydrogen) atoms. The molecule has 0 amide bonds. The number of pyridine rings is 1. The van der Waals surface area contributed by atoms with Gasteiger partial charge in [0.05, 0.1) is 5.69 Å². The standard InChI is InChI=1S/C13H16N2/c1-4-11-6-5-7-13(15-11)12-8-9(2)14-10(12)3/h5-8,14H,4H2,1-3H3. The molecular formula is C13H16N2. The van der Waals surface area contributed by atoms with E-state index < -0.39 is 0 Å². The Bertz CT molecular complexity index is 469. The number of aryl methyl sites for hydroxylation is 3. The van der Waals surface area contributed by atoms with Crippen molar-refractivity contribution in [2.24, 2.45) is 0 Å². The van der Waals surface area contributed by atoms with Crippen LogP contribution in [-0.4, -0.2) is 9.97 Å². The number of nitrogens with one attached hydrogen (secondary N) is 1. The highest BCUT2D eigenvalue weighted by molar-refractivity contribution is 5.63. The summed E-state index contributed by atoms with van der Waals surface area (Å²) in [5.41, 5.74) is 5.80. The van der Waals surface area contributed by atoms with Crippen molar-refractivity contribution >= 4 is 0 Å². The highest BCUT2D eigenvalue weighted by atomic mass is 14.8. The third kappa shape index (κ3) is 1.94. The predicted molar refractivity (Wildman–Crippen MR) is 62.9 cm³/mol. The smallest absolute Gasteiger partial charge is 0.0723 e. The van der Waals surface area contributed by atoms with Crippen LogP contribution in [0.15, 0.2) is 24.3 Å². The van der Waals surface area contributed by atoms with Crippen LogP contribution in [-0.2, 0) is 6.42 Å². The Morgan fingerprint density at radius 1 is 1.27 bits per heavy atom. The van der Waals surface area contributed by atoms with Gasteiger partial charge in [-0.3, -0.25) is 4.98 Å². The minimum Gasteiger partial charge on any atom is -0.362 e. The van der Waals surface area contributed by atoms with Gasteiger partial charge in [0, 0.05) is 22.6 Å². The second kappa shape index (κ2) is 3.89. The van der Waals surface area contributed by atoms with Crippen LogP contribution in [0.5, 0.6) is 0 Å². The molecule has 0 aliphatic rings. The van der Waals surface area contributed by atoms with Gasteiger partial charge in [-0.15, -0.1) is 0 Å². The number of aromatic amines is 1. The number of aromatic nitrogens is 2. The fourth-order valence-electron chi connectivity index (χ4n) is 1.82. The second-order valence-electron chi connectivity index (χ2n) is 3.86. The quantitative estimate of drug-likeness (QED) is 0.792. The fourth-order valence-corrected chi connectivity index (χ4v) is 1.82. The van der Waals surface area contributed by atoms with Crippen molar-refractivity contribution in [1.29, 1.82) is 0 Å². The lowest BCUT2D eigenvalue weighted by molar-refractivity contribution is 1.04. The Kier molecular flexibility index (Phi) is 2.58. The van der Waals surface area contributed by atoms with Crippen molar-refractivity contribution in [2.45, 2.75) is 27.2 Å². The topological polar surface area (TPSA) is 28.7 Å². The monoisotopic (exact) mass is 200 g/mol. The summed E-state index contributed by atoms with van der Waals surface area (Å²) >= 11 is 0. The van der Waals surface area contributed by atoms with Crippen molar-refractivity contribution in [1.82, 2.24) is 9.97 Å². The molecule has 0 saturated heterocycles. The van der Waals surface area contributed by atoms with Crippen molar-refractivity contribution in [3.63, 3.8) is 0 Å². The molecule has 0 aromatic carbocycles. The Hall–Kier alpha value is -1.57. The highest BCUT2D eigenvalue weighted by Gasteiger charge is 2.06. The summed E-state index contributed by atoms with van der Waals surface area (Å²) in [4.78, 5) is 7.92. The first-order chi connectivity index (χ1) is 7.20. The van der Waals surface area contributed by atoms with Crippen molar-refractivity contribution < 1.29 is 0 Å². The van der Waals surface area contributed by atoms with Gasteiger partial charge in [0.1, 0.15) is 0 Å². The van der Waals surface area contributed by atoms with E-state index in [1.165, 1.54) is 17.0 Å². The molecule has 2 heterocycles. The molecule has 0 aliphatic carbocycles. The van der Waals surface area contributed by atoms with Gasteiger partial charge in [-0.1, -0.05) is 13.0 Å². The molecule has 78 valence electrons. The van der Waals surface area contributed by atoms with Crippen molar-refractivity contribution in [3.05, 3.63) is 41.3 Å². The van der Waals surface area contributed by atoms with Crippen molar-refractivity contribution in [3.8, 4) is 11.3 Å². The molecule has 0 aliphatic heterocycles. The molecule has 1 N–H and O–H groups in total. The average Bonchev–Trinajstić information content (AvgIpc) is 2.58. The van der Waals surface area contributed by atoms with Crippen LogP contribution in [0, 0.1) is 13.8 Å². The zero-order valence-electron chi connectivity index (χ0n) is 9.46. The molecule has 0 saturated carbocycles. The number of hydrogen-bond donors (Lipinski definition) is 1. The normalized spacial score (nSPS) is 10.6. The largest absolute Gasteiger partial charge is 0.362 e. The van der Waals surface area contributed by atoms with E-state index in [1.54, 1.807) is 0 Å². The summed E-state index contributed by atoms with van der Waals surface area (Å²) in [5, 5.41) is 0. The third-order valence-electron chi connectivity index (χ3n) is 2.59. The number of nitrogens with zero attached hydrogens (tertiary/aromatic N) is 1. The maximum Gasteiger partial charge on any atom is 0.0723 e. The van der Waals surface area contributed by atoms with Crippen LogP contribution in [0.2, 0.25) is 0 Å². The molecule has 2 rings (SSSR count). The summed E-state index contributed by atoms with van der Waals surface area (Å²) < 4.78 is 0. The van der Waals surface area contributed by atoms with Crippen LogP contribution < -0.4 is 0 Å². The van der Waals surface area contributed by atoms with Gasteiger partial charge in [0.25, 0.3) is 0 Å². The van der Waals surface area contributed by atoms with Crippen LogP contribution in [0.1, 0.15) is 24.0 Å². The Labute approximate surface area is 90.4 Å². The lowest BCUT2D eigenvalue weighted by Gasteiger charge is -2.01. The van der Waals surface area contributed by atoms with E-state index in [0.717, 1.165) is 17.8 Å². The van der Waals surface area contributed by atoms with Crippen LogP contribution in [0.4, 0.5) is 0 Å². The molecule has 0 fully saturated rings. The van der Waals surface area contributed by atoms with Crippen LogP contribution in [0.25, 0.3) is 11.3 Å². The van der Waals surface area contributed by atoms with E-state index in [2.05, 4.69) is 55.0 Å². The Morgan fingerprint density at radius 2 is 2.07 bits per heavy atom. The molecule has 0 spiro atoms. The van der Waals surface area contributed by atoms with E-state index in [1.807, 2.05) is 0 Å². The summed E-state index contributed by atoms with van der Waals surface area (Å²) in [6.45, 7) is 6.28. The number of rotatable bonds is 2. The molecule has 2 nitrogen and oxygen atoms in total. The SMILES string of the molecule is CCc1cccc(-c2cc(C)[nH]c2C)n1. The molecule has 2 aromatic heterocycles. The lowest BCUT2D eigenvalue weighted by atomic mass is 10.1. The Balaban J connectivity index is 2.49. The van der Waals surface area contributed by atoms with Gasteiger partial charge >= 0.3 is 0 Å². The zero-order valence-corrected chi connectivity index (χ0v) is 9.46. The minimum absolute atomic E-state index is 0.982. The maximum absolute atomic E-state index is 4.62. The molecule has 0 radical (unpaired) electrons. The van der Waals surface area contributed by atoms with E-state index in [0.29, 0.717) is 0 Å². The van der Waals surface area contributed by atoms with E-state index >= 15 is 0 Å². The molecule has 2 aromatic rings. The van der Waals surface area contributed by atoms with Gasteiger partial charge in [-0.05, 0) is 38.5 Å². The van der Waals surface area contributed by atoms with Gasteiger partial charge in [-0.2, -0.15) is 0 Å². The molecule has 0 unspecified atom stereocenters. The summed E-state index contributed by atoms with van der Waals surface area (Å²) in [6, 6.07) is 8.35.